The van der Waals surface area contributed by atoms with Gasteiger partial charge in [-0.3, -0.25) is 9.59 Å². The lowest BCUT2D eigenvalue weighted by atomic mass is 9.94. The largest absolute Gasteiger partial charge is 0.416 e. The smallest absolute Gasteiger partial charge is 0.374 e. The van der Waals surface area contributed by atoms with Crippen LogP contribution in [0, 0.1) is 0 Å². The topological polar surface area (TPSA) is 85.4 Å². The van der Waals surface area contributed by atoms with E-state index in [0.29, 0.717) is 6.42 Å². The van der Waals surface area contributed by atoms with Crippen LogP contribution in [-0.4, -0.2) is 88.8 Å². The molecule has 2 aromatic rings. The zero-order valence-electron chi connectivity index (χ0n) is 25.9. The lowest BCUT2D eigenvalue weighted by Gasteiger charge is -2.55. The highest BCUT2D eigenvalue weighted by molar-refractivity contribution is 5.91. The molecular formula is C34H38F3N5O4. The summed E-state index contributed by atoms with van der Waals surface area (Å²) in [5, 5.41) is 5.98. The van der Waals surface area contributed by atoms with Gasteiger partial charge in [-0.2, -0.15) is 13.2 Å². The first-order chi connectivity index (χ1) is 21.9. The average molecular weight is 638 g/mol. The first kappa shape index (κ1) is 33.0. The molecule has 0 aromatic heterocycles. The second-order valence-corrected chi connectivity index (χ2v) is 11.9. The molecule has 46 heavy (non-hydrogen) atoms. The number of urea groups is 1. The molecule has 1 aliphatic carbocycles. The first-order valence-corrected chi connectivity index (χ1v) is 15.1. The van der Waals surface area contributed by atoms with Crippen molar-refractivity contribution in [3.63, 3.8) is 0 Å². The number of hydrazine groups is 1. The molecule has 2 heterocycles. The first-order valence-electron chi connectivity index (χ1n) is 15.1. The molecule has 1 N–H and O–H groups in total. The van der Waals surface area contributed by atoms with E-state index in [-0.39, 0.29) is 50.6 Å². The number of halogens is 3. The number of methoxy groups -OCH3 is 1. The monoisotopic (exact) mass is 637 g/mol. The van der Waals surface area contributed by atoms with Crippen LogP contribution in [0.3, 0.4) is 0 Å². The molecule has 12 heteroatoms. The van der Waals surface area contributed by atoms with Crippen LogP contribution < -0.4 is 5.32 Å². The van der Waals surface area contributed by atoms with Crippen molar-refractivity contribution in [2.75, 3.05) is 33.3 Å². The Labute approximate surface area is 266 Å². The minimum Gasteiger partial charge on any atom is -0.374 e. The molecule has 1 unspecified atom stereocenters. The maximum atomic E-state index is 14.0. The van der Waals surface area contributed by atoms with Crippen molar-refractivity contribution >= 4 is 17.8 Å². The van der Waals surface area contributed by atoms with Crippen LogP contribution in [0.1, 0.15) is 30.0 Å². The molecule has 2 aliphatic heterocycles. The summed E-state index contributed by atoms with van der Waals surface area (Å²) in [5.41, 5.74) is 0.732. The summed E-state index contributed by atoms with van der Waals surface area (Å²) < 4.78 is 46.0. The average Bonchev–Trinajstić information content (AvgIpc) is 3.03. The van der Waals surface area contributed by atoms with Gasteiger partial charge in [-0.05, 0) is 42.2 Å². The predicted octanol–water partition coefficient (Wildman–Crippen LogP) is 4.53. The van der Waals surface area contributed by atoms with Gasteiger partial charge in [0.05, 0.1) is 24.3 Å². The van der Waals surface area contributed by atoms with Crippen LogP contribution in [0.2, 0.25) is 0 Å². The van der Waals surface area contributed by atoms with Crippen molar-refractivity contribution < 1.29 is 32.3 Å². The Morgan fingerprint density at radius 1 is 1.13 bits per heavy atom. The van der Waals surface area contributed by atoms with Crippen LogP contribution >= 0.6 is 0 Å². The molecule has 0 radical (unpaired) electrons. The lowest BCUT2D eigenvalue weighted by molar-refractivity contribution is -0.189. The number of hydrogen-bond acceptors (Lipinski definition) is 5. The molecule has 5 rings (SSSR count). The number of piperazine rings is 1. The van der Waals surface area contributed by atoms with Crippen LogP contribution in [-0.2, 0) is 33.5 Å². The third kappa shape index (κ3) is 7.18. The van der Waals surface area contributed by atoms with Gasteiger partial charge in [-0.15, -0.1) is 6.58 Å². The highest BCUT2D eigenvalue weighted by Crippen LogP contribution is 2.32. The van der Waals surface area contributed by atoms with Crippen molar-refractivity contribution in [1.82, 2.24) is 25.1 Å². The van der Waals surface area contributed by atoms with Crippen molar-refractivity contribution in [2.24, 2.45) is 0 Å². The third-order valence-electron chi connectivity index (χ3n) is 8.61. The number of alkyl halides is 3. The molecule has 0 saturated carbocycles. The van der Waals surface area contributed by atoms with E-state index in [9.17, 15) is 27.6 Å². The van der Waals surface area contributed by atoms with E-state index in [1.807, 2.05) is 55.5 Å². The zero-order chi connectivity index (χ0) is 33.1. The van der Waals surface area contributed by atoms with Gasteiger partial charge in [0.1, 0.15) is 12.2 Å². The molecular weight excluding hydrogens is 599 g/mol. The van der Waals surface area contributed by atoms with Gasteiger partial charge in [0.25, 0.3) is 0 Å². The van der Waals surface area contributed by atoms with E-state index in [2.05, 4.69) is 11.9 Å². The maximum absolute atomic E-state index is 14.0. The van der Waals surface area contributed by atoms with E-state index >= 15 is 0 Å². The fraction of sp³-hybridized carbons (Fsp3) is 0.382. The number of ether oxygens (including phenoxy) is 1. The summed E-state index contributed by atoms with van der Waals surface area (Å²) in [6, 6.07) is 12.6. The number of fused-ring (bicyclic) bond motifs is 1. The summed E-state index contributed by atoms with van der Waals surface area (Å²) in [5.74, 6) is -0.734. The highest BCUT2D eigenvalue weighted by atomic mass is 19.4. The highest BCUT2D eigenvalue weighted by Gasteiger charge is 2.51. The molecule has 3 atom stereocenters. The van der Waals surface area contributed by atoms with Gasteiger partial charge in [0.2, 0.25) is 11.8 Å². The zero-order valence-corrected chi connectivity index (χ0v) is 25.9. The number of nitrogens with zero attached hydrogens (tertiary/aromatic N) is 4. The standard InChI is InChI=1S/C34H38F3N5O4/c1-4-17-40-23-30(43)41-28(19-24-9-6-5-7-10-24)31(44)39(21-26-11-8-12-27(18-26)34(35,36)37)22-29(41)42(40)32(45)38-20-25-13-15-33(2,46-3)16-14-25/h4-15,18,28-29H,1,16-17,19-23H2,2-3H3,(H,38,45)/t28-,29-,33?/m0/s1. The summed E-state index contributed by atoms with van der Waals surface area (Å²) >= 11 is 0. The van der Waals surface area contributed by atoms with Crippen LogP contribution in [0.25, 0.3) is 0 Å². The molecule has 244 valence electrons. The van der Waals surface area contributed by atoms with Crippen LogP contribution in [0.4, 0.5) is 18.0 Å². The number of rotatable bonds is 9. The SMILES string of the molecule is C=CCN1CC(=O)N2[C@@H](Cc3ccccc3)C(=O)N(Cc3cccc(C(F)(F)F)c3)C[C@@H]2N1C(=O)NCC1=CCC(C)(OC)C=C1. The van der Waals surface area contributed by atoms with Crippen molar-refractivity contribution in [1.29, 1.82) is 0 Å². The molecule has 3 aliphatic rings. The Balaban J connectivity index is 1.46. The van der Waals surface area contributed by atoms with E-state index < -0.39 is 41.5 Å². The Bertz CT molecular complexity index is 1530. The number of carbonyl (C=O) groups excluding carboxylic acids is 3. The molecule has 0 spiro atoms. The minimum absolute atomic E-state index is 0.0953. The maximum Gasteiger partial charge on any atom is 0.416 e. The minimum atomic E-state index is -4.55. The molecule has 9 nitrogen and oxygen atoms in total. The van der Waals surface area contributed by atoms with Crippen molar-refractivity contribution in [2.45, 2.75) is 50.3 Å². The summed E-state index contributed by atoms with van der Waals surface area (Å²) in [6.45, 7) is 5.77. The normalized spacial score (nSPS) is 23.7. The molecule has 4 amide bonds. The number of hydrogen-bond donors (Lipinski definition) is 1. The number of benzene rings is 2. The van der Waals surface area contributed by atoms with Gasteiger partial charge in [-0.25, -0.2) is 14.8 Å². The second kappa shape index (κ2) is 13.5. The quantitative estimate of drug-likeness (QED) is 0.409. The summed E-state index contributed by atoms with van der Waals surface area (Å²) in [7, 11) is 1.64. The van der Waals surface area contributed by atoms with Crippen molar-refractivity contribution in [3.05, 3.63) is 108 Å². The van der Waals surface area contributed by atoms with E-state index in [4.69, 9.17) is 4.74 Å². The Morgan fingerprint density at radius 2 is 1.87 bits per heavy atom. The van der Waals surface area contributed by atoms with E-state index in [0.717, 1.165) is 23.3 Å². The number of amides is 4. The summed E-state index contributed by atoms with van der Waals surface area (Å²) in [4.78, 5) is 44.6. The molecule has 2 saturated heterocycles. The Hall–Kier alpha value is -4.42. The van der Waals surface area contributed by atoms with Gasteiger partial charge in [0, 0.05) is 33.2 Å². The van der Waals surface area contributed by atoms with E-state index in [1.54, 1.807) is 18.2 Å². The van der Waals surface area contributed by atoms with Gasteiger partial charge >= 0.3 is 12.2 Å². The van der Waals surface area contributed by atoms with Crippen molar-refractivity contribution in [3.8, 4) is 0 Å². The Kier molecular flexibility index (Phi) is 9.68. The molecule has 0 bridgehead atoms. The van der Waals surface area contributed by atoms with Gasteiger partial charge in [0.15, 0.2) is 0 Å². The number of carbonyl (C=O) groups is 3. The van der Waals surface area contributed by atoms with Crippen LogP contribution in [0.5, 0.6) is 0 Å². The van der Waals surface area contributed by atoms with Gasteiger partial charge in [-0.1, -0.05) is 66.8 Å². The third-order valence-corrected chi connectivity index (χ3v) is 8.61. The fourth-order valence-electron chi connectivity index (χ4n) is 6.04. The summed E-state index contributed by atoms with van der Waals surface area (Å²) in [6.07, 6.45) is 2.75. The molecule has 2 aromatic carbocycles. The number of nitrogens with one attached hydrogen (secondary N) is 1. The van der Waals surface area contributed by atoms with Crippen LogP contribution in [0.15, 0.2) is 91.1 Å². The molecule has 2 fully saturated rings. The fourth-order valence-corrected chi connectivity index (χ4v) is 6.04. The van der Waals surface area contributed by atoms with E-state index in [1.165, 1.54) is 26.9 Å². The van der Waals surface area contributed by atoms with Gasteiger partial charge < -0.3 is 19.9 Å². The predicted molar refractivity (Wildman–Crippen MR) is 166 cm³/mol. The second-order valence-electron chi connectivity index (χ2n) is 11.9. The lowest BCUT2D eigenvalue weighted by Crippen LogP contribution is -2.76. The Morgan fingerprint density at radius 3 is 2.52 bits per heavy atom.